The number of hydrogen-bond donors (Lipinski definition) is 2. The Labute approximate surface area is 139 Å². The molecule has 1 aliphatic rings. The van der Waals surface area contributed by atoms with Gasteiger partial charge in [-0.2, -0.15) is 0 Å². The van der Waals surface area contributed by atoms with Gasteiger partial charge in [-0.05, 0) is 36.2 Å². The van der Waals surface area contributed by atoms with Gasteiger partial charge < -0.3 is 10.6 Å². The summed E-state index contributed by atoms with van der Waals surface area (Å²) in [5.74, 6) is -0.00903. The van der Waals surface area contributed by atoms with Gasteiger partial charge in [0.1, 0.15) is 0 Å². The molecule has 1 aliphatic heterocycles. The van der Waals surface area contributed by atoms with Crippen LogP contribution in [0.5, 0.6) is 0 Å². The summed E-state index contributed by atoms with van der Waals surface area (Å²) in [5, 5.41) is 16.9. The average Bonchev–Trinajstić information content (AvgIpc) is 2.69. The fourth-order valence-electron chi connectivity index (χ4n) is 2.64. The van der Waals surface area contributed by atoms with E-state index in [1.807, 2.05) is 37.3 Å². The molecule has 1 heterocycles. The Morgan fingerprint density at radius 1 is 1.17 bits per heavy atom. The van der Waals surface area contributed by atoms with E-state index < -0.39 is 4.92 Å². The third-order valence-corrected chi connectivity index (χ3v) is 3.81. The van der Waals surface area contributed by atoms with Crippen LogP contribution in [0.1, 0.15) is 24.5 Å². The number of fused-ring (bicyclic) bond motifs is 1. The van der Waals surface area contributed by atoms with Gasteiger partial charge in [0.2, 0.25) is 5.91 Å². The minimum absolute atomic E-state index is 0.00903. The quantitative estimate of drug-likeness (QED) is 0.509. The van der Waals surface area contributed by atoms with Crippen LogP contribution in [0.25, 0.3) is 12.2 Å². The van der Waals surface area contributed by atoms with Crippen LogP contribution < -0.4 is 10.6 Å². The maximum absolute atomic E-state index is 11.8. The highest BCUT2D eigenvalue weighted by molar-refractivity contribution is 5.98. The first-order valence-corrected chi connectivity index (χ1v) is 7.65. The Morgan fingerprint density at radius 2 is 1.92 bits per heavy atom. The van der Waals surface area contributed by atoms with Gasteiger partial charge in [0.25, 0.3) is 5.69 Å². The standard InChI is InChI=1S/C18H17N3O3/c1-12-11-17(22)20-16-4-2-3-14(18(16)19-12)8-5-13-6-9-15(10-7-13)21(23)24/h2-10,12,19H,11H2,1H3,(H,20,22). The lowest BCUT2D eigenvalue weighted by atomic mass is 10.1. The summed E-state index contributed by atoms with van der Waals surface area (Å²) in [6.45, 7) is 1.96. The zero-order valence-electron chi connectivity index (χ0n) is 13.2. The lowest BCUT2D eigenvalue weighted by Gasteiger charge is -2.14. The maximum atomic E-state index is 11.8. The molecule has 0 aliphatic carbocycles. The Hall–Kier alpha value is -3.15. The maximum Gasteiger partial charge on any atom is 0.269 e. The number of carbonyl (C=O) groups is 1. The van der Waals surface area contributed by atoms with Crippen molar-refractivity contribution in [1.82, 2.24) is 0 Å². The normalized spacial score (nSPS) is 16.9. The van der Waals surface area contributed by atoms with Crippen molar-refractivity contribution in [1.29, 1.82) is 0 Å². The number of hydrogen-bond acceptors (Lipinski definition) is 4. The second-order valence-corrected chi connectivity index (χ2v) is 5.75. The average molecular weight is 323 g/mol. The van der Waals surface area contributed by atoms with E-state index in [0.717, 1.165) is 22.5 Å². The molecular formula is C18H17N3O3. The molecule has 0 spiro atoms. The fourth-order valence-corrected chi connectivity index (χ4v) is 2.64. The predicted molar refractivity (Wildman–Crippen MR) is 94.8 cm³/mol. The topological polar surface area (TPSA) is 84.3 Å². The van der Waals surface area contributed by atoms with Gasteiger partial charge in [-0.25, -0.2) is 0 Å². The zero-order chi connectivity index (χ0) is 17.1. The number of non-ortho nitro benzene ring substituents is 1. The van der Waals surface area contributed by atoms with Crippen LogP contribution in [0.4, 0.5) is 17.1 Å². The van der Waals surface area contributed by atoms with Crippen molar-refractivity contribution in [2.24, 2.45) is 0 Å². The molecule has 1 unspecified atom stereocenters. The largest absolute Gasteiger partial charge is 0.380 e. The summed E-state index contributed by atoms with van der Waals surface area (Å²) in [7, 11) is 0. The van der Waals surface area contributed by atoms with Gasteiger partial charge in [-0.1, -0.05) is 24.3 Å². The molecule has 6 heteroatoms. The van der Waals surface area contributed by atoms with Crippen LogP contribution in [0.15, 0.2) is 42.5 Å². The smallest absolute Gasteiger partial charge is 0.269 e. The highest BCUT2D eigenvalue weighted by Crippen LogP contribution is 2.31. The summed E-state index contributed by atoms with van der Waals surface area (Å²) >= 11 is 0. The first-order valence-electron chi connectivity index (χ1n) is 7.65. The fraction of sp³-hybridized carbons (Fsp3) is 0.167. The van der Waals surface area contributed by atoms with Crippen LogP contribution in [-0.2, 0) is 4.79 Å². The molecule has 0 saturated heterocycles. The molecule has 122 valence electrons. The number of anilines is 2. The molecule has 2 N–H and O–H groups in total. The van der Waals surface area contributed by atoms with E-state index in [2.05, 4.69) is 10.6 Å². The molecule has 0 radical (unpaired) electrons. The number of amides is 1. The molecule has 0 fully saturated rings. The highest BCUT2D eigenvalue weighted by Gasteiger charge is 2.18. The predicted octanol–water partition coefficient (Wildman–Crippen LogP) is 3.91. The van der Waals surface area contributed by atoms with E-state index in [1.165, 1.54) is 12.1 Å². The summed E-state index contributed by atoms with van der Waals surface area (Å²) in [6.07, 6.45) is 4.23. The molecule has 1 amide bonds. The number of carbonyl (C=O) groups excluding carboxylic acids is 1. The minimum Gasteiger partial charge on any atom is -0.380 e. The van der Waals surface area contributed by atoms with Gasteiger partial charge in [0.15, 0.2) is 0 Å². The van der Waals surface area contributed by atoms with Crippen LogP contribution in [-0.4, -0.2) is 16.9 Å². The molecule has 0 bridgehead atoms. The number of para-hydroxylation sites is 1. The Kier molecular flexibility index (Phi) is 4.29. The molecule has 2 aromatic carbocycles. The minimum atomic E-state index is -0.418. The van der Waals surface area contributed by atoms with Gasteiger partial charge in [-0.15, -0.1) is 0 Å². The van der Waals surface area contributed by atoms with E-state index in [-0.39, 0.29) is 17.6 Å². The second-order valence-electron chi connectivity index (χ2n) is 5.75. The van der Waals surface area contributed by atoms with Gasteiger partial charge in [-0.3, -0.25) is 14.9 Å². The third-order valence-electron chi connectivity index (χ3n) is 3.81. The van der Waals surface area contributed by atoms with E-state index in [1.54, 1.807) is 12.1 Å². The zero-order valence-corrected chi connectivity index (χ0v) is 13.2. The number of nitrogens with one attached hydrogen (secondary N) is 2. The van der Waals surface area contributed by atoms with Crippen molar-refractivity contribution in [3.8, 4) is 0 Å². The first-order chi connectivity index (χ1) is 11.5. The van der Waals surface area contributed by atoms with E-state index in [0.29, 0.717) is 6.42 Å². The number of nitro benzene ring substituents is 1. The van der Waals surface area contributed by atoms with Crippen molar-refractivity contribution in [3.05, 3.63) is 63.7 Å². The highest BCUT2D eigenvalue weighted by atomic mass is 16.6. The van der Waals surface area contributed by atoms with Gasteiger partial charge >= 0.3 is 0 Å². The molecule has 0 saturated carbocycles. The van der Waals surface area contributed by atoms with Crippen molar-refractivity contribution < 1.29 is 9.72 Å². The second kappa shape index (κ2) is 6.54. The lowest BCUT2D eigenvalue weighted by molar-refractivity contribution is -0.384. The van der Waals surface area contributed by atoms with Gasteiger partial charge in [0, 0.05) is 24.6 Å². The molecule has 24 heavy (non-hydrogen) atoms. The van der Waals surface area contributed by atoms with Gasteiger partial charge in [0.05, 0.1) is 16.3 Å². The Balaban J connectivity index is 1.89. The molecule has 2 aromatic rings. The molecule has 6 nitrogen and oxygen atoms in total. The van der Waals surface area contributed by atoms with Crippen LogP contribution in [0.3, 0.4) is 0 Å². The molecular weight excluding hydrogens is 306 g/mol. The SMILES string of the molecule is CC1CC(=O)Nc2cccc(C=Cc3ccc([N+](=O)[O-])cc3)c2N1. The van der Waals surface area contributed by atoms with E-state index in [4.69, 9.17) is 0 Å². The summed E-state index contributed by atoms with van der Waals surface area (Å²) in [4.78, 5) is 22.1. The number of rotatable bonds is 3. The lowest BCUT2D eigenvalue weighted by Crippen LogP contribution is -2.19. The van der Waals surface area contributed by atoms with Crippen molar-refractivity contribution in [3.63, 3.8) is 0 Å². The molecule has 3 rings (SSSR count). The monoisotopic (exact) mass is 323 g/mol. The van der Waals surface area contributed by atoms with Crippen LogP contribution in [0, 0.1) is 10.1 Å². The number of benzene rings is 2. The summed E-state index contributed by atoms with van der Waals surface area (Å²) in [5.41, 5.74) is 3.52. The number of nitrogens with zero attached hydrogens (tertiary/aromatic N) is 1. The van der Waals surface area contributed by atoms with Crippen LogP contribution >= 0.6 is 0 Å². The van der Waals surface area contributed by atoms with Crippen molar-refractivity contribution in [2.45, 2.75) is 19.4 Å². The van der Waals surface area contributed by atoms with E-state index in [9.17, 15) is 14.9 Å². The Bertz CT molecular complexity index is 813. The summed E-state index contributed by atoms with van der Waals surface area (Å²) < 4.78 is 0. The first kappa shape index (κ1) is 15.7. The number of nitro groups is 1. The Morgan fingerprint density at radius 3 is 2.62 bits per heavy atom. The van der Waals surface area contributed by atoms with E-state index >= 15 is 0 Å². The van der Waals surface area contributed by atoms with Crippen molar-refractivity contribution >= 4 is 35.1 Å². The molecule has 0 aromatic heterocycles. The van der Waals surface area contributed by atoms with Crippen LogP contribution in [0.2, 0.25) is 0 Å². The third kappa shape index (κ3) is 3.43. The molecule has 1 atom stereocenters. The summed E-state index contributed by atoms with van der Waals surface area (Å²) in [6, 6.07) is 12.1. The van der Waals surface area contributed by atoms with Crippen molar-refractivity contribution in [2.75, 3.05) is 10.6 Å².